The quantitative estimate of drug-likeness (QED) is 0.568. The first kappa shape index (κ1) is 23.0. The van der Waals surface area contributed by atoms with Crippen LogP contribution in [0.4, 0.5) is 4.79 Å². The molecule has 0 saturated carbocycles. The van der Waals surface area contributed by atoms with Crippen LogP contribution in [0.25, 0.3) is 11.3 Å². The molecule has 2 aromatic heterocycles. The Morgan fingerprint density at radius 1 is 1.26 bits per heavy atom. The van der Waals surface area contributed by atoms with Gasteiger partial charge in [-0.1, -0.05) is 23.2 Å². The maximum absolute atomic E-state index is 12.3. The van der Waals surface area contributed by atoms with Gasteiger partial charge in [0.1, 0.15) is 18.3 Å². The molecule has 0 aliphatic rings. The summed E-state index contributed by atoms with van der Waals surface area (Å²) in [6, 6.07) is 7.07. The largest absolute Gasteiger partial charge is 0.444 e. The van der Waals surface area contributed by atoms with E-state index < -0.39 is 11.7 Å². The number of benzene rings is 1. The number of pyridine rings is 1. The van der Waals surface area contributed by atoms with Gasteiger partial charge in [-0.25, -0.2) is 14.5 Å². The van der Waals surface area contributed by atoms with Crippen molar-refractivity contribution in [1.29, 1.82) is 0 Å². The van der Waals surface area contributed by atoms with E-state index in [1.54, 1.807) is 50.0 Å². The number of carbonyl (C=O) groups excluding carboxylic acids is 1. The number of nitrogens with zero attached hydrogens (tertiary/aromatic N) is 4. The lowest BCUT2D eigenvalue weighted by molar-refractivity contribution is 0.0523. The highest BCUT2D eigenvalue weighted by atomic mass is 35.5. The summed E-state index contributed by atoms with van der Waals surface area (Å²) in [5.41, 5.74) is 8.90. The highest BCUT2D eigenvalue weighted by Gasteiger charge is 2.20. The predicted molar refractivity (Wildman–Crippen MR) is 120 cm³/mol. The number of halogens is 2. The zero-order valence-corrected chi connectivity index (χ0v) is 19.0. The molecule has 0 spiro atoms. The molecule has 0 saturated heterocycles. The topological polar surface area (TPSA) is 108 Å². The van der Waals surface area contributed by atoms with Crippen LogP contribution in [0.2, 0.25) is 10.0 Å². The minimum absolute atomic E-state index is 0.172. The molecule has 3 N–H and O–H groups in total. The molecule has 3 rings (SSSR count). The van der Waals surface area contributed by atoms with E-state index in [1.807, 2.05) is 6.07 Å². The summed E-state index contributed by atoms with van der Waals surface area (Å²) in [5, 5.41) is 7.95. The molecule has 0 unspecified atom stereocenters. The third-order valence-electron chi connectivity index (χ3n) is 4.27. The molecular formula is C21H24Cl2N6O2. The van der Waals surface area contributed by atoms with E-state index in [-0.39, 0.29) is 13.1 Å². The van der Waals surface area contributed by atoms with Gasteiger partial charge in [-0.05, 0) is 50.6 Å². The van der Waals surface area contributed by atoms with Crippen LogP contribution < -0.4 is 11.1 Å². The van der Waals surface area contributed by atoms with Crippen LogP contribution in [0.5, 0.6) is 0 Å². The molecule has 8 nitrogen and oxygen atoms in total. The van der Waals surface area contributed by atoms with Gasteiger partial charge in [0.25, 0.3) is 0 Å². The highest BCUT2D eigenvalue weighted by Crippen LogP contribution is 2.33. The number of nitrogens with one attached hydrogen (secondary N) is 1. The van der Waals surface area contributed by atoms with Crippen LogP contribution in [0, 0.1) is 0 Å². The van der Waals surface area contributed by atoms with Crippen LogP contribution in [-0.4, -0.2) is 31.4 Å². The molecule has 31 heavy (non-hydrogen) atoms. The van der Waals surface area contributed by atoms with Crippen molar-refractivity contribution in [2.45, 2.75) is 46.0 Å². The molecule has 1 amide bonds. The van der Waals surface area contributed by atoms with E-state index in [9.17, 15) is 4.79 Å². The SMILES string of the molecule is CC(C)(C)OC(=O)NCc1c(Cn2cncn2)cc(CN)nc1-c1ccc(Cl)cc1Cl. The van der Waals surface area contributed by atoms with E-state index in [1.165, 1.54) is 6.33 Å². The first-order valence-electron chi connectivity index (χ1n) is 9.62. The van der Waals surface area contributed by atoms with Crippen LogP contribution in [0.1, 0.15) is 37.6 Å². The third-order valence-corrected chi connectivity index (χ3v) is 4.82. The van der Waals surface area contributed by atoms with Gasteiger partial charge < -0.3 is 15.8 Å². The minimum atomic E-state index is -0.613. The summed E-state index contributed by atoms with van der Waals surface area (Å²) in [4.78, 5) is 21.0. The number of rotatable bonds is 6. The number of nitrogens with two attached hydrogens (primary N) is 1. The molecule has 0 bridgehead atoms. The third kappa shape index (κ3) is 6.16. The summed E-state index contributed by atoms with van der Waals surface area (Å²) in [6.07, 6.45) is 2.54. The van der Waals surface area contributed by atoms with Crippen LogP contribution >= 0.6 is 23.2 Å². The maximum atomic E-state index is 12.3. The Labute approximate surface area is 190 Å². The molecule has 0 aliphatic carbocycles. The van der Waals surface area contributed by atoms with Gasteiger partial charge in [0.2, 0.25) is 0 Å². The van der Waals surface area contributed by atoms with Gasteiger partial charge in [0.15, 0.2) is 0 Å². The first-order valence-corrected chi connectivity index (χ1v) is 10.4. The lowest BCUT2D eigenvalue weighted by Crippen LogP contribution is -2.32. The summed E-state index contributed by atoms with van der Waals surface area (Å²) in [6.45, 7) is 6.24. The van der Waals surface area contributed by atoms with E-state index in [0.717, 1.165) is 11.1 Å². The van der Waals surface area contributed by atoms with Crippen molar-refractivity contribution in [2.75, 3.05) is 0 Å². The number of aromatic nitrogens is 4. The normalized spacial score (nSPS) is 11.4. The zero-order chi connectivity index (χ0) is 22.6. The fourth-order valence-electron chi connectivity index (χ4n) is 2.99. The standard InChI is InChI=1S/C21H24Cl2N6O2/c1-21(2,3)31-20(30)26-9-17-13(10-29-12-25-11-27-29)6-15(8-24)28-19(17)16-5-4-14(22)7-18(16)23/h4-7,11-12H,8-10,24H2,1-3H3,(H,26,30). The molecule has 1 aromatic carbocycles. The Hall–Kier alpha value is -2.68. The summed E-state index contributed by atoms with van der Waals surface area (Å²) >= 11 is 12.6. The molecule has 164 valence electrons. The lowest BCUT2D eigenvalue weighted by atomic mass is 9.99. The van der Waals surface area contributed by atoms with Crippen LogP contribution in [0.3, 0.4) is 0 Å². The second kappa shape index (κ2) is 9.64. The second-order valence-electron chi connectivity index (χ2n) is 7.88. The molecular weight excluding hydrogens is 439 g/mol. The van der Waals surface area contributed by atoms with E-state index in [4.69, 9.17) is 38.7 Å². The summed E-state index contributed by atoms with van der Waals surface area (Å²) in [5.74, 6) is 0. The summed E-state index contributed by atoms with van der Waals surface area (Å²) in [7, 11) is 0. The van der Waals surface area contributed by atoms with Crippen molar-refractivity contribution in [3.8, 4) is 11.3 Å². The number of ether oxygens (including phenoxy) is 1. The van der Waals surface area contributed by atoms with Gasteiger partial charge in [-0.15, -0.1) is 0 Å². The minimum Gasteiger partial charge on any atom is -0.444 e. The average molecular weight is 463 g/mol. The molecule has 10 heteroatoms. The van der Waals surface area contributed by atoms with Crippen molar-refractivity contribution in [3.63, 3.8) is 0 Å². The summed E-state index contributed by atoms with van der Waals surface area (Å²) < 4.78 is 7.05. The Bertz CT molecular complexity index is 1060. The molecule has 2 heterocycles. The average Bonchev–Trinajstić information content (AvgIpc) is 3.18. The zero-order valence-electron chi connectivity index (χ0n) is 17.5. The van der Waals surface area contributed by atoms with Gasteiger partial charge >= 0.3 is 6.09 Å². The van der Waals surface area contributed by atoms with Crippen LogP contribution in [0.15, 0.2) is 36.9 Å². The molecule has 3 aromatic rings. The van der Waals surface area contributed by atoms with E-state index in [2.05, 4.69) is 15.4 Å². The van der Waals surface area contributed by atoms with Gasteiger partial charge in [-0.2, -0.15) is 5.10 Å². The molecule has 0 radical (unpaired) electrons. The Morgan fingerprint density at radius 3 is 2.65 bits per heavy atom. The van der Waals surface area contributed by atoms with Gasteiger partial charge in [-0.3, -0.25) is 4.98 Å². The smallest absolute Gasteiger partial charge is 0.407 e. The Balaban J connectivity index is 2.07. The van der Waals surface area contributed by atoms with Crippen molar-refractivity contribution in [3.05, 3.63) is 63.8 Å². The number of hydrogen-bond acceptors (Lipinski definition) is 6. The van der Waals surface area contributed by atoms with E-state index >= 15 is 0 Å². The number of amides is 1. The van der Waals surface area contributed by atoms with Crippen molar-refractivity contribution < 1.29 is 9.53 Å². The maximum Gasteiger partial charge on any atom is 0.407 e. The van der Waals surface area contributed by atoms with Crippen molar-refractivity contribution >= 4 is 29.3 Å². The second-order valence-corrected chi connectivity index (χ2v) is 8.72. The number of alkyl carbamates (subject to hydrolysis) is 1. The van der Waals surface area contributed by atoms with Gasteiger partial charge in [0.05, 0.1) is 23.0 Å². The Kier molecular flexibility index (Phi) is 7.15. The van der Waals surface area contributed by atoms with Crippen molar-refractivity contribution in [1.82, 2.24) is 25.1 Å². The molecule has 0 atom stereocenters. The highest BCUT2D eigenvalue weighted by molar-refractivity contribution is 6.36. The number of carbonyl (C=O) groups is 1. The lowest BCUT2D eigenvalue weighted by Gasteiger charge is -2.21. The predicted octanol–water partition coefficient (Wildman–Crippen LogP) is 4.18. The Morgan fingerprint density at radius 2 is 2.03 bits per heavy atom. The van der Waals surface area contributed by atoms with Gasteiger partial charge in [0, 0.05) is 29.2 Å². The monoisotopic (exact) mass is 462 g/mol. The molecule has 0 fully saturated rings. The fourth-order valence-corrected chi connectivity index (χ4v) is 3.49. The van der Waals surface area contributed by atoms with Crippen molar-refractivity contribution in [2.24, 2.45) is 5.73 Å². The molecule has 0 aliphatic heterocycles. The van der Waals surface area contributed by atoms with Crippen LogP contribution in [-0.2, 0) is 24.4 Å². The number of hydrogen-bond donors (Lipinski definition) is 2. The fraction of sp³-hybridized carbons (Fsp3) is 0.333. The van der Waals surface area contributed by atoms with E-state index in [0.29, 0.717) is 33.5 Å². The first-order chi connectivity index (χ1) is 14.7.